The number of ether oxygens (including phenoxy) is 1. The van der Waals surface area contributed by atoms with Gasteiger partial charge in [-0.15, -0.1) is 0 Å². The van der Waals surface area contributed by atoms with Crippen LogP contribution in [-0.2, 0) is 0 Å². The molecule has 1 aromatic heterocycles. The van der Waals surface area contributed by atoms with Gasteiger partial charge in [0.05, 0.1) is 5.56 Å². The van der Waals surface area contributed by atoms with Gasteiger partial charge in [-0.2, -0.15) is 0 Å². The molecule has 0 saturated heterocycles. The van der Waals surface area contributed by atoms with Crippen LogP contribution >= 0.6 is 0 Å². The molecule has 3 N–H and O–H groups in total. The first-order valence-electron chi connectivity index (χ1n) is 5.59. The van der Waals surface area contributed by atoms with Crippen molar-refractivity contribution < 1.29 is 18.7 Å². The van der Waals surface area contributed by atoms with E-state index in [1.54, 1.807) is 13.0 Å². The Balaban J connectivity index is 2.49. The average molecular weight is 279 g/mol. The fourth-order valence-electron chi connectivity index (χ4n) is 1.63. The molecular formula is C13H11F2N3O2. The van der Waals surface area contributed by atoms with E-state index in [0.717, 1.165) is 18.2 Å². The van der Waals surface area contributed by atoms with E-state index in [0.29, 0.717) is 5.56 Å². The zero-order chi connectivity index (χ0) is 14.7. The molecular weight excluding hydrogens is 268 g/mol. The Morgan fingerprint density at radius 2 is 2.10 bits per heavy atom. The van der Waals surface area contributed by atoms with Gasteiger partial charge in [0.25, 0.3) is 0 Å². The summed E-state index contributed by atoms with van der Waals surface area (Å²) in [6.45, 7) is 1.68. The molecule has 2 rings (SSSR count). The summed E-state index contributed by atoms with van der Waals surface area (Å²) in [5.74, 6) is -2.05. The molecule has 1 heterocycles. The van der Waals surface area contributed by atoms with Crippen LogP contribution in [0.4, 0.5) is 8.78 Å². The normalized spacial score (nSPS) is 11.4. The summed E-state index contributed by atoms with van der Waals surface area (Å²) in [7, 11) is 0. The van der Waals surface area contributed by atoms with Gasteiger partial charge in [-0.3, -0.25) is 0 Å². The predicted molar refractivity (Wildman–Crippen MR) is 67.9 cm³/mol. The number of oxime groups is 1. The van der Waals surface area contributed by atoms with Crippen molar-refractivity contribution in [2.24, 2.45) is 10.9 Å². The van der Waals surface area contributed by atoms with E-state index in [2.05, 4.69) is 10.1 Å². The summed E-state index contributed by atoms with van der Waals surface area (Å²) in [6.07, 6.45) is 1.41. The first kappa shape index (κ1) is 13.7. The third kappa shape index (κ3) is 2.66. The minimum atomic E-state index is -0.750. The fourth-order valence-corrected chi connectivity index (χ4v) is 1.63. The Morgan fingerprint density at radius 1 is 1.35 bits per heavy atom. The number of aryl methyl sites for hydroxylation is 1. The number of hydrogen-bond donors (Lipinski definition) is 2. The second-order valence-corrected chi connectivity index (χ2v) is 3.97. The highest BCUT2D eigenvalue weighted by Gasteiger charge is 2.16. The highest BCUT2D eigenvalue weighted by molar-refractivity contribution is 6.00. The van der Waals surface area contributed by atoms with Crippen LogP contribution in [0.25, 0.3) is 0 Å². The Morgan fingerprint density at radius 3 is 2.80 bits per heavy atom. The lowest BCUT2D eigenvalue weighted by molar-refractivity contribution is 0.318. The van der Waals surface area contributed by atoms with Crippen LogP contribution in [0.2, 0.25) is 0 Å². The van der Waals surface area contributed by atoms with Crippen molar-refractivity contribution in [1.29, 1.82) is 0 Å². The second-order valence-electron chi connectivity index (χ2n) is 3.97. The molecule has 0 aliphatic carbocycles. The summed E-state index contributed by atoms with van der Waals surface area (Å²) < 4.78 is 31.9. The molecule has 5 nitrogen and oxygen atoms in total. The molecule has 20 heavy (non-hydrogen) atoms. The number of nitrogens with two attached hydrogens (primary N) is 1. The summed E-state index contributed by atoms with van der Waals surface area (Å²) in [6, 6.07) is 4.40. The number of nitrogens with zero attached hydrogens (tertiary/aromatic N) is 2. The molecule has 1 aromatic carbocycles. The summed E-state index contributed by atoms with van der Waals surface area (Å²) >= 11 is 0. The van der Waals surface area contributed by atoms with Crippen molar-refractivity contribution in [2.45, 2.75) is 6.92 Å². The van der Waals surface area contributed by atoms with E-state index in [1.807, 2.05) is 0 Å². The molecule has 0 aliphatic heterocycles. The number of hydrogen-bond acceptors (Lipinski definition) is 4. The van der Waals surface area contributed by atoms with Crippen molar-refractivity contribution >= 4 is 5.84 Å². The third-order valence-corrected chi connectivity index (χ3v) is 2.59. The number of halogens is 2. The smallest absolute Gasteiger partial charge is 0.230 e. The van der Waals surface area contributed by atoms with E-state index in [1.165, 1.54) is 6.20 Å². The number of amidine groups is 1. The van der Waals surface area contributed by atoms with E-state index < -0.39 is 11.6 Å². The SMILES string of the molecule is Cc1ccnc(Oc2cc(F)ccc2F)c1/C(N)=N/O. The van der Waals surface area contributed by atoms with Crippen molar-refractivity contribution in [3.8, 4) is 11.6 Å². The van der Waals surface area contributed by atoms with E-state index >= 15 is 0 Å². The lowest BCUT2D eigenvalue weighted by Gasteiger charge is -2.11. The van der Waals surface area contributed by atoms with Gasteiger partial charge >= 0.3 is 0 Å². The highest BCUT2D eigenvalue weighted by atomic mass is 19.1. The van der Waals surface area contributed by atoms with Crippen LogP contribution in [0.15, 0.2) is 35.6 Å². The van der Waals surface area contributed by atoms with Crippen LogP contribution in [0, 0.1) is 18.6 Å². The second kappa shape index (κ2) is 5.52. The molecule has 0 amide bonds. The molecule has 0 spiro atoms. The van der Waals surface area contributed by atoms with Crippen molar-refractivity contribution in [3.63, 3.8) is 0 Å². The molecule has 0 fully saturated rings. The predicted octanol–water partition coefficient (Wildman–Crippen LogP) is 2.56. The minimum absolute atomic E-state index is 0.0789. The molecule has 0 aliphatic rings. The zero-order valence-electron chi connectivity index (χ0n) is 10.5. The highest BCUT2D eigenvalue weighted by Crippen LogP contribution is 2.27. The van der Waals surface area contributed by atoms with Gasteiger partial charge < -0.3 is 15.7 Å². The average Bonchev–Trinajstić information content (AvgIpc) is 2.42. The van der Waals surface area contributed by atoms with Gasteiger partial charge in [-0.25, -0.2) is 13.8 Å². The van der Waals surface area contributed by atoms with Gasteiger partial charge in [-0.05, 0) is 30.7 Å². The molecule has 0 atom stereocenters. The number of rotatable bonds is 3. The van der Waals surface area contributed by atoms with Crippen molar-refractivity contribution in [2.75, 3.05) is 0 Å². The lowest BCUT2D eigenvalue weighted by atomic mass is 10.1. The Hall–Kier alpha value is -2.70. The lowest BCUT2D eigenvalue weighted by Crippen LogP contribution is -2.16. The summed E-state index contributed by atoms with van der Waals surface area (Å²) in [5.41, 5.74) is 6.35. The van der Waals surface area contributed by atoms with Gasteiger partial charge in [0.2, 0.25) is 5.88 Å². The van der Waals surface area contributed by atoms with Crippen LogP contribution in [0.5, 0.6) is 11.6 Å². The summed E-state index contributed by atoms with van der Waals surface area (Å²) in [4.78, 5) is 3.89. The van der Waals surface area contributed by atoms with Crippen molar-refractivity contribution in [1.82, 2.24) is 4.98 Å². The third-order valence-electron chi connectivity index (χ3n) is 2.59. The van der Waals surface area contributed by atoms with Gasteiger partial charge in [0.1, 0.15) is 5.82 Å². The van der Waals surface area contributed by atoms with Gasteiger partial charge in [0.15, 0.2) is 17.4 Å². The molecule has 0 saturated carbocycles. The standard InChI is InChI=1S/C13H11F2N3O2/c1-7-4-5-17-13(11(7)12(16)18-19)20-10-6-8(14)2-3-9(10)15/h2-6,19H,1H3,(H2,16,18). The molecule has 0 unspecified atom stereocenters. The molecule has 2 aromatic rings. The Labute approximate surface area is 113 Å². The summed E-state index contributed by atoms with van der Waals surface area (Å²) in [5, 5.41) is 11.6. The number of aromatic nitrogens is 1. The maximum absolute atomic E-state index is 13.5. The van der Waals surface area contributed by atoms with E-state index in [-0.39, 0.29) is 23.0 Å². The largest absolute Gasteiger partial charge is 0.435 e. The monoisotopic (exact) mass is 279 g/mol. The number of pyridine rings is 1. The van der Waals surface area contributed by atoms with Crippen LogP contribution in [-0.4, -0.2) is 16.0 Å². The van der Waals surface area contributed by atoms with Crippen LogP contribution in [0.1, 0.15) is 11.1 Å². The minimum Gasteiger partial charge on any atom is -0.435 e. The van der Waals surface area contributed by atoms with Gasteiger partial charge in [0, 0.05) is 12.3 Å². The number of benzene rings is 1. The fraction of sp³-hybridized carbons (Fsp3) is 0.0769. The van der Waals surface area contributed by atoms with Gasteiger partial charge in [-0.1, -0.05) is 5.16 Å². The van der Waals surface area contributed by atoms with E-state index in [9.17, 15) is 8.78 Å². The Bertz CT molecular complexity index is 675. The maximum Gasteiger partial charge on any atom is 0.230 e. The first-order valence-corrected chi connectivity index (χ1v) is 5.59. The molecule has 7 heteroatoms. The maximum atomic E-state index is 13.5. The molecule has 104 valence electrons. The van der Waals surface area contributed by atoms with Crippen LogP contribution < -0.4 is 10.5 Å². The topological polar surface area (TPSA) is 80.7 Å². The molecule has 0 radical (unpaired) electrons. The first-order chi connectivity index (χ1) is 9.52. The Kier molecular flexibility index (Phi) is 3.79. The van der Waals surface area contributed by atoms with Crippen LogP contribution in [0.3, 0.4) is 0 Å². The van der Waals surface area contributed by atoms with E-state index in [4.69, 9.17) is 15.7 Å². The quantitative estimate of drug-likeness (QED) is 0.391. The molecule has 0 bridgehead atoms. The van der Waals surface area contributed by atoms with Crippen molar-refractivity contribution in [3.05, 3.63) is 53.2 Å². The zero-order valence-corrected chi connectivity index (χ0v) is 10.5.